The largest absolute Gasteiger partial charge is 0.335 e. The number of rotatable bonds is 0. The number of fused-ring (bicyclic) bond motifs is 1. The lowest BCUT2D eigenvalue weighted by atomic mass is 10.1. The van der Waals surface area contributed by atoms with Gasteiger partial charge in [-0.05, 0) is 31.4 Å². The van der Waals surface area contributed by atoms with Crippen molar-refractivity contribution in [1.29, 1.82) is 0 Å². The van der Waals surface area contributed by atoms with Crippen LogP contribution < -0.4 is 5.32 Å². The molecule has 1 aromatic carbocycles. The van der Waals surface area contributed by atoms with Gasteiger partial charge in [0.2, 0.25) is 0 Å². The van der Waals surface area contributed by atoms with Crippen molar-refractivity contribution in [3.8, 4) is 0 Å². The first kappa shape index (κ1) is 9.87. The van der Waals surface area contributed by atoms with Crippen molar-refractivity contribution in [3.63, 3.8) is 0 Å². The van der Waals surface area contributed by atoms with Crippen molar-refractivity contribution in [2.75, 3.05) is 11.6 Å². The highest BCUT2D eigenvalue weighted by molar-refractivity contribution is 8.13. The topological polar surface area (TPSA) is 24.4 Å². The molecule has 1 aromatic rings. The van der Waals surface area contributed by atoms with Crippen molar-refractivity contribution < 1.29 is 0 Å². The maximum Gasteiger partial charge on any atom is 0.161 e. The molecule has 1 N–H and O–H groups in total. The Labute approximate surface area is 92.8 Å². The Balaban J connectivity index is 2.42. The first-order valence-electron chi connectivity index (χ1n) is 4.39. The Morgan fingerprint density at radius 1 is 1.50 bits per heavy atom. The summed E-state index contributed by atoms with van der Waals surface area (Å²) in [6, 6.07) is 6.05. The molecule has 14 heavy (non-hydrogen) atoms. The van der Waals surface area contributed by atoms with Gasteiger partial charge < -0.3 is 5.32 Å². The number of halogens is 1. The molecule has 0 fully saturated rings. The number of anilines is 1. The van der Waals surface area contributed by atoms with E-state index >= 15 is 0 Å². The third-order valence-electron chi connectivity index (χ3n) is 2.21. The van der Waals surface area contributed by atoms with Crippen LogP contribution in [0.15, 0.2) is 23.2 Å². The summed E-state index contributed by atoms with van der Waals surface area (Å²) < 4.78 is 0. The van der Waals surface area contributed by atoms with Crippen LogP contribution >= 0.6 is 23.4 Å². The molecule has 1 heterocycles. The molecule has 74 valence electrons. The number of nitrogens with zero attached hydrogens (tertiary/aromatic N) is 1. The molecule has 1 aliphatic rings. The van der Waals surface area contributed by atoms with Crippen LogP contribution in [-0.2, 0) is 0 Å². The van der Waals surface area contributed by atoms with E-state index in [0.717, 1.165) is 21.4 Å². The van der Waals surface area contributed by atoms with E-state index in [-0.39, 0.29) is 6.04 Å². The Kier molecular flexibility index (Phi) is 2.70. The molecule has 2 rings (SSSR count). The Morgan fingerprint density at radius 3 is 3.00 bits per heavy atom. The average Bonchev–Trinajstić information content (AvgIpc) is 2.19. The number of hydrogen-bond donors (Lipinski definition) is 1. The minimum atomic E-state index is 0.187. The van der Waals surface area contributed by atoms with Gasteiger partial charge in [0.15, 0.2) is 5.17 Å². The molecule has 4 heteroatoms. The number of thioether (sulfide) groups is 1. The van der Waals surface area contributed by atoms with Crippen LogP contribution in [0.2, 0.25) is 5.02 Å². The quantitative estimate of drug-likeness (QED) is 0.732. The van der Waals surface area contributed by atoms with E-state index in [2.05, 4.69) is 17.2 Å². The highest BCUT2D eigenvalue weighted by Crippen LogP contribution is 2.32. The second kappa shape index (κ2) is 3.83. The monoisotopic (exact) mass is 226 g/mol. The van der Waals surface area contributed by atoms with Crippen LogP contribution in [-0.4, -0.2) is 11.4 Å². The van der Waals surface area contributed by atoms with E-state index in [9.17, 15) is 0 Å². The molecule has 0 amide bonds. The number of nitrogens with one attached hydrogen (secondary N) is 1. The van der Waals surface area contributed by atoms with Gasteiger partial charge in [-0.25, -0.2) is 0 Å². The molecule has 0 radical (unpaired) electrons. The fraction of sp³-hybridized carbons (Fsp3) is 0.300. The molecule has 0 saturated carbocycles. The van der Waals surface area contributed by atoms with Gasteiger partial charge in [-0.1, -0.05) is 23.4 Å². The second-order valence-electron chi connectivity index (χ2n) is 3.17. The fourth-order valence-corrected chi connectivity index (χ4v) is 2.15. The summed E-state index contributed by atoms with van der Waals surface area (Å²) in [5, 5.41) is 4.99. The van der Waals surface area contributed by atoms with E-state index in [1.165, 1.54) is 0 Å². The summed E-state index contributed by atoms with van der Waals surface area (Å²) in [5.74, 6) is 0. The third kappa shape index (κ3) is 1.74. The highest BCUT2D eigenvalue weighted by atomic mass is 35.5. The molecule has 1 aliphatic heterocycles. The summed E-state index contributed by atoms with van der Waals surface area (Å²) in [6.45, 7) is 2.08. The van der Waals surface area contributed by atoms with E-state index in [1.807, 2.05) is 24.5 Å². The predicted molar refractivity (Wildman–Crippen MR) is 64.4 cm³/mol. The Bertz CT molecular complexity index is 390. The summed E-state index contributed by atoms with van der Waals surface area (Å²) in [6.07, 6.45) is 2.01. The smallest absolute Gasteiger partial charge is 0.161 e. The molecule has 0 spiro atoms. The standard InChI is InChI=1S/C10H11ClN2S/c1-6-8-5-7(11)3-4-9(8)13-10(12-6)14-2/h3-6H,1-2H3,(H,12,13). The molecule has 1 unspecified atom stereocenters. The molecule has 0 bridgehead atoms. The van der Waals surface area contributed by atoms with Crippen LogP contribution in [0.4, 0.5) is 5.69 Å². The summed E-state index contributed by atoms with van der Waals surface area (Å²) in [7, 11) is 0. The zero-order valence-electron chi connectivity index (χ0n) is 8.04. The predicted octanol–water partition coefficient (Wildman–Crippen LogP) is 3.55. The minimum Gasteiger partial charge on any atom is -0.335 e. The van der Waals surface area contributed by atoms with Crippen LogP contribution in [0.5, 0.6) is 0 Å². The van der Waals surface area contributed by atoms with Gasteiger partial charge in [0.05, 0.1) is 6.04 Å². The van der Waals surface area contributed by atoms with Crippen LogP contribution in [0, 0.1) is 0 Å². The number of benzene rings is 1. The van der Waals surface area contributed by atoms with Gasteiger partial charge in [-0.3, -0.25) is 4.99 Å². The van der Waals surface area contributed by atoms with Crippen molar-refractivity contribution in [3.05, 3.63) is 28.8 Å². The molecule has 0 aliphatic carbocycles. The zero-order valence-corrected chi connectivity index (χ0v) is 9.62. The first-order chi connectivity index (χ1) is 6.70. The lowest BCUT2D eigenvalue weighted by molar-refractivity contribution is 0.817. The van der Waals surface area contributed by atoms with Gasteiger partial charge >= 0.3 is 0 Å². The molecule has 0 aromatic heterocycles. The molecule has 2 nitrogen and oxygen atoms in total. The van der Waals surface area contributed by atoms with E-state index < -0.39 is 0 Å². The van der Waals surface area contributed by atoms with Crippen LogP contribution in [0.3, 0.4) is 0 Å². The van der Waals surface area contributed by atoms with E-state index in [1.54, 1.807) is 11.8 Å². The maximum absolute atomic E-state index is 5.93. The Hall–Kier alpha value is -0.670. The van der Waals surface area contributed by atoms with E-state index in [0.29, 0.717) is 0 Å². The second-order valence-corrected chi connectivity index (χ2v) is 4.40. The maximum atomic E-state index is 5.93. The SMILES string of the molecule is CSC1=NC(C)c2cc(Cl)ccc2N1. The Morgan fingerprint density at radius 2 is 2.29 bits per heavy atom. The molecule has 0 saturated heterocycles. The minimum absolute atomic E-state index is 0.187. The van der Waals surface area contributed by atoms with Crippen molar-refractivity contribution in [1.82, 2.24) is 0 Å². The lowest BCUT2D eigenvalue weighted by Gasteiger charge is -2.21. The van der Waals surface area contributed by atoms with Gasteiger partial charge in [0.1, 0.15) is 0 Å². The number of amidine groups is 1. The van der Waals surface area contributed by atoms with E-state index in [4.69, 9.17) is 11.6 Å². The number of aliphatic imine (C=N–C) groups is 1. The van der Waals surface area contributed by atoms with Gasteiger partial charge in [-0.2, -0.15) is 0 Å². The van der Waals surface area contributed by atoms with Crippen molar-refractivity contribution in [2.45, 2.75) is 13.0 Å². The average molecular weight is 227 g/mol. The summed E-state index contributed by atoms with van der Waals surface area (Å²) >= 11 is 7.55. The fourth-order valence-electron chi connectivity index (χ4n) is 1.49. The third-order valence-corrected chi connectivity index (χ3v) is 3.04. The molecular weight excluding hydrogens is 216 g/mol. The highest BCUT2D eigenvalue weighted by Gasteiger charge is 2.17. The summed E-state index contributed by atoms with van der Waals surface area (Å²) in [4.78, 5) is 4.49. The lowest BCUT2D eigenvalue weighted by Crippen LogP contribution is -2.16. The van der Waals surface area contributed by atoms with Crippen LogP contribution in [0.25, 0.3) is 0 Å². The van der Waals surface area contributed by atoms with Gasteiger partial charge in [0.25, 0.3) is 0 Å². The van der Waals surface area contributed by atoms with Gasteiger partial charge in [-0.15, -0.1) is 0 Å². The number of hydrogen-bond acceptors (Lipinski definition) is 3. The normalized spacial score (nSPS) is 19.6. The summed E-state index contributed by atoms with van der Waals surface area (Å²) in [5.41, 5.74) is 2.27. The molecular formula is C10H11ClN2S. The van der Waals surface area contributed by atoms with Crippen molar-refractivity contribution in [2.24, 2.45) is 4.99 Å². The van der Waals surface area contributed by atoms with Crippen LogP contribution in [0.1, 0.15) is 18.5 Å². The van der Waals surface area contributed by atoms with Crippen molar-refractivity contribution >= 4 is 34.2 Å². The van der Waals surface area contributed by atoms with Gasteiger partial charge in [0, 0.05) is 16.3 Å². The zero-order chi connectivity index (χ0) is 10.1. The first-order valence-corrected chi connectivity index (χ1v) is 5.99. The molecule has 1 atom stereocenters.